The smallest absolute Gasteiger partial charge is 0.257 e. The van der Waals surface area contributed by atoms with Crippen LogP contribution >= 0.6 is 0 Å². The maximum atomic E-state index is 11.5. The van der Waals surface area contributed by atoms with Crippen molar-refractivity contribution in [3.63, 3.8) is 0 Å². The number of nitrogens with zero attached hydrogens (tertiary/aromatic N) is 1. The maximum Gasteiger partial charge on any atom is 0.257 e. The molecule has 0 aliphatic carbocycles. The summed E-state index contributed by atoms with van der Waals surface area (Å²) in [6.45, 7) is 1.72. The third-order valence-electron chi connectivity index (χ3n) is 1.79. The number of aromatic amines is 1. The molecule has 0 aliphatic heterocycles. The van der Waals surface area contributed by atoms with Crippen LogP contribution in [0.2, 0.25) is 0 Å². The van der Waals surface area contributed by atoms with Gasteiger partial charge in [-0.05, 0) is 6.07 Å². The molecule has 1 aromatic rings. The van der Waals surface area contributed by atoms with Gasteiger partial charge >= 0.3 is 0 Å². The highest BCUT2D eigenvalue weighted by Gasteiger charge is 2.16. The van der Waals surface area contributed by atoms with Crippen molar-refractivity contribution in [3.05, 3.63) is 12.3 Å². The van der Waals surface area contributed by atoms with Crippen LogP contribution in [0.5, 0.6) is 0 Å². The first-order chi connectivity index (χ1) is 7.87. The lowest BCUT2D eigenvalue weighted by Crippen LogP contribution is -2.34. The van der Waals surface area contributed by atoms with Gasteiger partial charge < -0.3 is 0 Å². The van der Waals surface area contributed by atoms with E-state index in [1.807, 2.05) is 0 Å². The average Bonchev–Trinajstić information content (AvgIpc) is 2.69. The summed E-state index contributed by atoms with van der Waals surface area (Å²) in [5, 5.41) is 5.69. The van der Waals surface area contributed by atoms with Gasteiger partial charge in [-0.2, -0.15) is 5.10 Å². The summed E-state index contributed by atoms with van der Waals surface area (Å²) >= 11 is 0. The molecule has 1 rings (SSSR count). The number of hydrogen-bond acceptors (Lipinski definition) is 5. The Hall–Kier alpha value is -0.970. The monoisotopic (exact) mass is 282 g/mol. The second-order valence-electron chi connectivity index (χ2n) is 3.14. The zero-order valence-corrected chi connectivity index (χ0v) is 10.8. The second kappa shape index (κ2) is 5.58. The molecule has 0 fully saturated rings. The lowest BCUT2D eigenvalue weighted by atomic mass is 10.8. The van der Waals surface area contributed by atoms with Crippen LogP contribution in [0.3, 0.4) is 0 Å². The molecule has 0 bridgehead atoms. The zero-order chi connectivity index (χ0) is 12.9. The Kier molecular flexibility index (Phi) is 4.62. The Morgan fingerprint density at radius 1 is 1.29 bits per heavy atom. The van der Waals surface area contributed by atoms with Gasteiger partial charge in [0.05, 0.1) is 11.9 Å². The van der Waals surface area contributed by atoms with Crippen LogP contribution in [0.1, 0.15) is 6.92 Å². The van der Waals surface area contributed by atoms with E-state index >= 15 is 0 Å². The topological polar surface area (TPSA) is 121 Å². The number of aromatic nitrogens is 2. The van der Waals surface area contributed by atoms with Crippen LogP contribution in [0.4, 0.5) is 0 Å². The molecule has 0 amide bonds. The summed E-state index contributed by atoms with van der Waals surface area (Å²) < 4.78 is 50.0. The maximum absolute atomic E-state index is 11.5. The summed E-state index contributed by atoms with van der Waals surface area (Å²) in [4.78, 5) is 0. The lowest BCUT2D eigenvalue weighted by molar-refractivity contribution is 0.574. The van der Waals surface area contributed by atoms with Crippen molar-refractivity contribution >= 4 is 20.0 Å². The number of sulfonamides is 2. The molecule has 1 aromatic heterocycles. The second-order valence-corrected chi connectivity index (χ2v) is 6.80. The van der Waals surface area contributed by atoms with Crippen LogP contribution in [0.25, 0.3) is 0 Å². The fraction of sp³-hybridized carbons (Fsp3) is 0.571. The summed E-state index contributed by atoms with van der Waals surface area (Å²) in [5.41, 5.74) is 0. The largest absolute Gasteiger partial charge is 0.266 e. The van der Waals surface area contributed by atoms with Gasteiger partial charge in [0.2, 0.25) is 10.0 Å². The molecular formula is C7H14N4O4S2. The van der Waals surface area contributed by atoms with Crippen LogP contribution in [0.15, 0.2) is 17.3 Å². The zero-order valence-electron chi connectivity index (χ0n) is 9.17. The van der Waals surface area contributed by atoms with Crippen LogP contribution in [-0.4, -0.2) is 45.9 Å². The highest BCUT2D eigenvalue weighted by molar-refractivity contribution is 7.90. The van der Waals surface area contributed by atoms with E-state index in [2.05, 4.69) is 19.6 Å². The molecule has 98 valence electrons. The Labute approximate surface area is 99.9 Å². The van der Waals surface area contributed by atoms with E-state index in [9.17, 15) is 16.8 Å². The van der Waals surface area contributed by atoms with Crippen molar-refractivity contribution in [2.75, 3.05) is 18.8 Å². The van der Waals surface area contributed by atoms with E-state index in [4.69, 9.17) is 0 Å². The van der Waals surface area contributed by atoms with E-state index in [1.54, 1.807) is 6.92 Å². The third kappa shape index (κ3) is 4.42. The highest BCUT2D eigenvalue weighted by atomic mass is 32.2. The molecule has 0 unspecified atom stereocenters. The third-order valence-corrected chi connectivity index (χ3v) is 4.65. The van der Waals surface area contributed by atoms with Crippen molar-refractivity contribution in [3.8, 4) is 0 Å². The van der Waals surface area contributed by atoms with E-state index in [0.29, 0.717) is 0 Å². The summed E-state index contributed by atoms with van der Waals surface area (Å²) in [5.74, 6) is -0.311. The van der Waals surface area contributed by atoms with Gasteiger partial charge in [-0.1, -0.05) is 6.92 Å². The van der Waals surface area contributed by atoms with E-state index < -0.39 is 20.0 Å². The molecule has 0 saturated heterocycles. The molecule has 8 nitrogen and oxygen atoms in total. The van der Waals surface area contributed by atoms with Gasteiger partial charge in [-0.3, -0.25) is 5.10 Å². The number of hydrogen-bond donors (Lipinski definition) is 3. The Morgan fingerprint density at radius 2 is 2.00 bits per heavy atom. The molecular weight excluding hydrogens is 268 g/mol. The molecule has 0 aromatic carbocycles. The standard InChI is InChI=1S/C7H14N4O4S2/c1-2-9-16(12,13)6-5-10-17(14,15)7-3-4-8-11-7/h3-4,9-10H,2,5-6H2,1H3,(H,8,11). The molecule has 3 N–H and O–H groups in total. The molecule has 0 aliphatic rings. The van der Waals surface area contributed by atoms with E-state index in [0.717, 1.165) is 0 Å². The first kappa shape index (κ1) is 14.1. The van der Waals surface area contributed by atoms with Crippen molar-refractivity contribution < 1.29 is 16.8 Å². The predicted octanol–water partition coefficient (Wildman–Crippen LogP) is -1.37. The van der Waals surface area contributed by atoms with Gasteiger partial charge in [-0.25, -0.2) is 26.3 Å². The van der Waals surface area contributed by atoms with Crippen molar-refractivity contribution in [1.29, 1.82) is 0 Å². The van der Waals surface area contributed by atoms with E-state index in [-0.39, 0.29) is 23.9 Å². The van der Waals surface area contributed by atoms with Crippen LogP contribution in [-0.2, 0) is 20.0 Å². The Balaban J connectivity index is 2.53. The number of nitrogens with one attached hydrogen (secondary N) is 3. The minimum absolute atomic E-state index is 0.0988. The molecule has 1 heterocycles. The fourth-order valence-corrected chi connectivity index (χ4v) is 3.10. The quantitative estimate of drug-likeness (QED) is 0.569. The number of H-pyrrole nitrogens is 1. The predicted molar refractivity (Wildman–Crippen MR) is 61.2 cm³/mol. The highest BCUT2D eigenvalue weighted by Crippen LogP contribution is 2.01. The van der Waals surface area contributed by atoms with Gasteiger partial charge in [0.1, 0.15) is 0 Å². The Bertz CT molecular complexity index is 534. The fourth-order valence-electron chi connectivity index (χ4n) is 1.07. The van der Waals surface area contributed by atoms with Crippen LogP contribution in [0, 0.1) is 0 Å². The van der Waals surface area contributed by atoms with Gasteiger partial charge in [0.25, 0.3) is 10.0 Å². The first-order valence-corrected chi connectivity index (χ1v) is 7.97. The summed E-state index contributed by atoms with van der Waals surface area (Å²) in [7, 11) is -7.14. The molecule has 10 heteroatoms. The lowest BCUT2D eigenvalue weighted by Gasteiger charge is -2.05. The normalized spacial score (nSPS) is 12.8. The van der Waals surface area contributed by atoms with Crippen molar-refractivity contribution in [2.45, 2.75) is 11.9 Å². The van der Waals surface area contributed by atoms with Crippen molar-refractivity contribution in [2.24, 2.45) is 0 Å². The van der Waals surface area contributed by atoms with Gasteiger partial charge in [0, 0.05) is 13.1 Å². The SMILES string of the molecule is CCNS(=O)(=O)CCNS(=O)(=O)c1ccn[nH]1. The Morgan fingerprint density at radius 3 is 2.53 bits per heavy atom. The van der Waals surface area contributed by atoms with Crippen LogP contribution < -0.4 is 9.44 Å². The van der Waals surface area contributed by atoms with E-state index in [1.165, 1.54) is 12.3 Å². The van der Waals surface area contributed by atoms with Gasteiger partial charge in [-0.15, -0.1) is 0 Å². The minimum atomic E-state index is -3.71. The summed E-state index contributed by atoms with van der Waals surface area (Å²) in [6, 6.07) is 1.28. The molecule has 0 atom stereocenters. The molecule has 0 spiro atoms. The average molecular weight is 282 g/mol. The van der Waals surface area contributed by atoms with Crippen molar-refractivity contribution in [1.82, 2.24) is 19.6 Å². The van der Waals surface area contributed by atoms with Gasteiger partial charge in [0.15, 0.2) is 5.03 Å². The molecule has 0 saturated carbocycles. The molecule has 17 heavy (non-hydrogen) atoms. The first-order valence-electron chi connectivity index (χ1n) is 4.84. The minimum Gasteiger partial charge on any atom is -0.266 e. The molecule has 0 radical (unpaired) electrons. The summed E-state index contributed by atoms with van der Waals surface area (Å²) in [6.07, 6.45) is 1.30. The number of rotatable bonds is 7.